The summed E-state index contributed by atoms with van der Waals surface area (Å²) in [6, 6.07) is 7.06. The summed E-state index contributed by atoms with van der Waals surface area (Å²) >= 11 is 0. The van der Waals surface area contributed by atoms with E-state index in [1.54, 1.807) is 46.3 Å². The fraction of sp³-hybridized carbons (Fsp3) is 0.500. The van der Waals surface area contributed by atoms with Crippen LogP contribution in [-0.2, 0) is 22.9 Å². The molecule has 0 N–H and O–H groups in total. The van der Waals surface area contributed by atoms with Gasteiger partial charge in [0.25, 0.3) is 0 Å². The molecule has 1 aromatic rings. The van der Waals surface area contributed by atoms with E-state index in [-0.39, 0.29) is 0 Å². The topological polar surface area (TPSA) is 54.0 Å². The molecule has 0 unspecified atom stereocenters. The summed E-state index contributed by atoms with van der Waals surface area (Å²) in [5, 5.41) is 0.507. The average molecular weight is 286 g/mol. The van der Waals surface area contributed by atoms with E-state index < -0.39 is 14.7 Å². The summed E-state index contributed by atoms with van der Waals surface area (Å²) in [6.07, 6.45) is 0. The first-order valence-electron chi connectivity index (χ1n) is 6.16. The van der Waals surface area contributed by atoms with Gasteiger partial charge in [-0.3, -0.25) is 4.57 Å². The van der Waals surface area contributed by atoms with E-state index in [1.165, 1.54) is 0 Å². The first-order valence-corrected chi connectivity index (χ1v) is 7.70. The Hall–Kier alpha value is -0.645. The van der Waals surface area contributed by atoms with Crippen LogP contribution < -0.4 is 10.8 Å². The molecule has 0 fully saturated rings. The van der Waals surface area contributed by atoms with Crippen molar-refractivity contribution in [2.75, 3.05) is 27.4 Å². The molecule has 0 aliphatic heterocycles. The minimum absolute atomic E-state index is 0.319. The summed E-state index contributed by atoms with van der Waals surface area (Å²) in [5.74, 6) is 0. The van der Waals surface area contributed by atoms with Crippen LogP contribution in [0.1, 0.15) is 13.8 Å². The predicted molar refractivity (Wildman–Crippen MR) is 76.3 cm³/mol. The van der Waals surface area contributed by atoms with Gasteiger partial charge in [-0.2, -0.15) is 0 Å². The van der Waals surface area contributed by atoms with Crippen molar-refractivity contribution in [3.63, 3.8) is 0 Å². The van der Waals surface area contributed by atoms with Gasteiger partial charge in [0.1, 0.15) is 0 Å². The lowest BCUT2D eigenvalue weighted by molar-refractivity contribution is 0.230. The van der Waals surface area contributed by atoms with Gasteiger partial charge in [0, 0.05) is 14.2 Å². The van der Waals surface area contributed by atoms with Crippen molar-refractivity contribution in [2.24, 2.45) is 0 Å². The molecule has 0 radical (unpaired) electrons. The molecular weight excluding hydrogens is 266 g/mol. The van der Waals surface area contributed by atoms with E-state index in [2.05, 4.69) is 0 Å². The Bertz CT molecular complexity index is 426. The highest BCUT2D eigenvalue weighted by Gasteiger charge is 2.28. The molecule has 106 valence electrons. The summed E-state index contributed by atoms with van der Waals surface area (Å²) in [4.78, 5) is 0. The molecule has 0 heterocycles. The zero-order valence-corrected chi connectivity index (χ0v) is 12.7. The van der Waals surface area contributed by atoms with Crippen LogP contribution in [0.4, 0.5) is 0 Å². The first-order chi connectivity index (χ1) is 9.11. The lowest BCUT2D eigenvalue weighted by Crippen LogP contribution is -2.36. The van der Waals surface area contributed by atoms with Crippen LogP contribution >= 0.6 is 7.60 Å². The van der Waals surface area contributed by atoms with Crippen molar-refractivity contribution >= 4 is 25.5 Å². The Morgan fingerprint density at radius 3 is 2.16 bits per heavy atom. The molecule has 0 amide bonds. The Labute approximate surface area is 114 Å². The Morgan fingerprint density at radius 1 is 1.11 bits per heavy atom. The predicted octanol–water partition coefficient (Wildman–Crippen LogP) is 1.57. The van der Waals surface area contributed by atoms with Gasteiger partial charge in [0.15, 0.2) is 0 Å². The Morgan fingerprint density at radius 2 is 1.68 bits per heavy atom. The quantitative estimate of drug-likeness (QED) is 0.536. The molecule has 1 aromatic carbocycles. The van der Waals surface area contributed by atoms with Crippen LogP contribution in [0.3, 0.4) is 0 Å². The zero-order chi connectivity index (χ0) is 14.3. The standard InChI is InChI=1S/C12H20BO5P/c1-5-17-19(14,18-6-2)12-9-7-8-11(10-12)13(15-3)16-4/h7-10H,5-6H2,1-4H3. The molecule has 0 bridgehead atoms. The van der Waals surface area contributed by atoms with Gasteiger partial charge in [-0.25, -0.2) is 0 Å². The lowest BCUT2D eigenvalue weighted by Gasteiger charge is -2.18. The molecule has 19 heavy (non-hydrogen) atoms. The molecule has 0 aliphatic rings. The minimum atomic E-state index is -3.27. The molecule has 0 aliphatic carbocycles. The van der Waals surface area contributed by atoms with Crippen LogP contribution in [0.5, 0.6) is 0 Å². The highest BCUT2D eigenvalue weighted by molar-refractivity contribution is 7.62. The fourth-order valence-corrected chi connectivity index (χ4v) is 3.36. The van der Waals surface area contributed by atoms with E-state index in [0.717, 1.165) is 5.46 Å². The molecular formula is C12H20BO5P. The summed E-state index contributed by atoms with van der Waals surface area (Å²) < 4.78 is 33.6. The van der Waals surface area contributed by atoms with Crippen LogP contribution in [0, 0.1) is 0 Å². The van der Waals surface area contributed by atoms with Crippen molar-refractivity contribution in [1.82, 2.24) is 0 Å². The fourth-order valence-electron chi connectivity index (χ4n) is 1.74. The van der Waals surface area contributed by atoms with Gasteiger partial charge in [-0.1, -0.05) is 12.1 Å². The SMILES string of the molecule is CCOP(=O)(OCC)c1cccc(B(OC)OC)c1. The second kappa shape index (κ2) is 7.83. The van der Waals surface area contributed by atoms with Gasteiger partial charge in [-0.05, 0) is 31.4 Å². The van der Waals surface area contributed by atoms with E-state index in [0.29, 0.717) is 18.5 Å². The molecule has 0 saturated heterocycles. The summed E-state index contributed by atoms with van der Waals surface area (Å²) in [5.41, 5.74) is 0.766. The Balaban J connectivity index is 3.11. The third kappa shape index (κ3) is 4.16. The second-order valence-electron chi connectivity index (χ2n) is 3.73. The summed E-state index contributed by atoms with van der Waals surface area (Å²) in [6.45, 7) is 4.20. The maximum atomic E-state index is 12.6. The molecule has 5 nitrogen and oxygen atoms in total. The molecule has 0 spiro atoms. The van der Waals surface area contributed by atoms with E-state index >= 15 is 0 Å². The minimum Gasteiger partial charge on any atom is -0.410 e. The monoisotopic (exact) mass is 286 g/mol. The molecule has 0 atom stereocenters. The van der Waals surface area contributed by atoms with Crippen molar-refractivity contribution < 1.29 is 22.9 Å². The van der Waals surface area contributed by atoms with Crippen molar-refractivity contribution in [2.45, 2.75) is 13.8 Å². The third-order valence-corrected chi connectivity index (χ3v) is 4.59. The number of hydrogen-bond donors (Lipinski definition) is 0. The normalized spacial score (nSPS) is 11.6. The highest BCUT2D eigenvalue weighted by Crippen LogP contribution is 2.46. The van der Waals surface area contributed by atoms with Crippen molar-refractivity contribution in [3.05, 3.63) is 24.3 Å². The van der Waals surface area contributed by atoms with Crippen LogP contribution in [0.25, 0.3) is 0 Å². The van der Waals surface area contributed by atoms with E-state index in [4.69, 9.17) is 18.4 Å². The molecule has 0 aromatic heterocycles. The molecule has 1 rings (SSSR count). The number of rotatable bonds is 8. The number of benzene rings is 1. The van der Waals surface area contributed by atoms with Crippen LogP contribution in [0.15, 0.2) is 24.3 Å². The second-order valence-corrected chi connectivity index (χ2v) is 5.76. The summed E-state index contributed by atoms with van der Waals surface area (Å²) in [7, 11) is -0.679. The van der Waals surface area contributed by atoms with E-state index in [9.17, 15) is 4.57 Å². The maximum Gasteiger partial charge on any atom is 0.493 e. The zero-order valence-electron chi connectivity index (χ0n) is 11.8. The van der Waals surface area contributed by atoms with Crippen LogP contribution in [-0.4, -0.2) is 34.6 Å². The smallest absolute Gasteiger partial charge is 0.410 e. The number of hydrogen-bond acceptors (Lipinski definition) is 5. The van der Waals surface area contributed by atoms with Crippen molar-refractivity contribution in [1.29, 1.82) is 0 Å². The van der Waals surface area contributed by atoms with Crippen LogP contribution in [0.2, 0.25) is 0 Å². The van der Waals surface area contributed by atoms with Crippen molar-refractivity contribution in [3.8, 4) is 0 Å². The Kier molecular flexibility index (Phi) is 6.76. The first kappa shape index (κ1) is 16.4. The third-order valence-electron chi connectivity index (χ3n) is 2.48. The lowest BCUT2D eigenvalue weighted by atomic mass is 9.79. The van der Waals surface area contributed by atoms with Gasteiger partial charge in [0.05, 0.1) is 18.5 Å². The van der Waals surface area contributed by atoms with Gasteiger partial charge in [-0.15, -0.1) is 0 Å². The van der Waals surface area contributed by atoms with Gasteiger partial charge < -0.3 is 18.4 Å². The van der Waals surface area contributed by atoms with Gasteiger partial charge in [0.2, 0.25) is 0 Å². The largest absolute Gasteiger partial charge is 0.493 e. The molecule has 0 saturated carbocycles. The molecule has 7 heteroatoms. The average Bonchev–Trinajstić information content (AvgIpc) is 2.41. The van der Waals surface area contributed by atoms with E-state index in [1.807, 2.05) is 6.07 Å². The highest BCUT2D eigenvalue weighted by atomic mass is 31.2. The maximum absolute atomic E-state index is 12.6. The van der Waals surface area contributed by atoms with Gasteiger partial charge >= 0.3 is 14.7 Å².